The summed E-state index contributed by atoms with van der Waals surface area (Å²) in [7, 11) is 0. The van der Waals surface area contributed by atoms with E-state index < -0.39 is 17.5 Å². The molecule has 0 saturated carbocycles. The number of alkyl halides is 3. The molecule has 0 unspecified atom stereocenters. The zero-order valence-corrected chi connectivity index (χ0v) is 12.7. The Labute approximate surface area is 131 Å². The first-order valence-corrected chi connectivity index (χ1v) is 6.83. The Bertz CT molecular complexity index is 716. The molecule has 0 spiro atoms. The zero-order valence-electron chi connectivity index (χ0n) is 10.3. The fraction of sp³-hybridized carbons (Fsp3) is 0.0714. The van der Waals surface area contributed by atoms with Crippen molar-refractivity contribution in [2.24, 2.45) is 0 Å². The lowest BCUT2D eigenvalue weighted by Gasteiger charge is -2.11. The van der Waals surface area contributed by atoms with Crippen LogP contribution < -0.4 is 5.73 Å². The standard InChI is InChI=1S/C14H8BrClF3NO/c15-10-3-1-7(5-9(10)14(17,18)19)13(21)8-2-4-12(20)11(16)6-8/h1-6H,20H2. The van der Waals surface area contributed by atoms with E-state index in [1.54, 1.807) is 0 Å². The van der Waals surface area contributed by atoms with E-state index in [0.29, 0.717) is 5.69 Å². The fourth-order valence-corrected chi connectivity index (χ4v) is 2.37. The van der Waals surface area contributed by atoms with Crippen molar-refractivity contribution in [3.63, 3.8) is 0 Å². The number of benzene rings is 2. The van der Waals surface area contributed by atoms with Gasteiger partial charge in [-0.05, 0) is 36.4 Å². The van der Waals surface area contributed by atoms with E-state index in [9.17, 15) is 18.0 Å². The summed E-state index contributed by atoms with van der Waals surface area (Å²) in [6.45, 7) is 0. The van der Waals surface area contributed by atoms with E-state index >= 15 is 0 Å². The number of nitrogen functional groups attached to an aromatic ring is 1. The minimum atomic E-state index is -4.55. The van der Waals surface area contributed by atoms with Crippen molar-refractivity contribution in [1.82, 2.24) is 0 Å². The normalized spacial score (nSPS) is 11.5. The number of carbonyl (C=O) groups excluding carboxylic acids is 1. The summed E-state index contributed by atoms with van der Waals surface area (Å²) in [4.78, 5) is 12.2. The largest absolute Gasteiger partial charge is 0.417 e. The van der Waals surface area contributed by atoms with Crippen LogP contribution in [-0.2, 0) is 6.18 Å². The number of anilines is 1. The van der Waals surface area contributed by atoms with Crippen molar-refractivity contribution < 1.29 is 18.0 Å². The van der Waals surface area contributed by atoms with Crippen LogP contribution in [0.4, 0.5) is 18.9 Å². The van der Waals surface area contributed by atoms with Crippen molar-refractivity contribution in [2.75, 3.05) is 5.73 Å². The van der Waals surface area contributed by atoms with Crippen LogP contribution in [-0.4, -0.2) is 5.78 Å². The Morgan fingerprint density at radius 2 is 1.67 bits per heavy atom. The second-order valence-electron chi connectivity index (χ2n) is 4.26. The van der Waals surface area contributed by atoms with Crippen molar-refractivity contribution in [3.05, 3.63) is 62.6 Å². The van der Waals surface area contributed by atoms with Crippen molar-refractivity contribution in [1.29, 1.82) is 0 Å². The van der Waals surface area contributed by atoms with Crippen LogP contribution >= 0.6 is 27.5 Å². The van der Waals surface area contributed by atoms with Gasteiger partial charge < -0.3 is 5.73 Å². The monoisotopic (exact) mass is 377 g/mol. The molecule has 2 nitrogen and oxygen atoms in total. The highest BCUT2D eigenvalue weighted by Gasteiger charge is 2.33. The van der Waals surface area contributed by atoms with Crippen molar-refractivity contribution in [2.45, 2.75) is 6.18 Å². The summed E-state index contributed by atoms with van der Waals surface area (Å²) >= 11 is 8.63. The second kappa shape index (κ2) is 5.69. The van der Waals surface area contributed by atoms with Gasteiger partial charge in [0.25, 0.3) is 0 Å². The van der Waals surface area contributed by atoms with Crippen LogP contribution in [0.5, 0.6) is 0 Å². The maximum atomic E-state index is 12.8. The summed E-state index contributed by atoms with van der Waals surface area (Å²) in [6.07, 6.45) is -4.55. The van der Waals surface area contributed by atoms with Gasteiger partial charge in [0.15, 0.2) is 5.78 Å². The number of carbonyl (C=O) groups is 1. The van der Waals surface area contributed by atoms with Gasteiger partial charge >= 0.3 is 6.18 Å². The van der Waals surface area contributed by atoms with Crippen molar-refractivity contribution >= 4 is 39.0 Å². The van der Waals surface area contributed by atoms with Gasteiger partial charge in [0.2, 0.25) is 0 Å². The molecule has 0 aliphatic heterocycles. The number of rotatable bonds is 2. The average molecular weight is 379 g/mol. The number of hydrogen-bond acceptors (Lipinski definition) is 2. The van der Waals surface area contributed by atoms with Gasteiger partial charge in [-0.15, -0.1) is 0 Å². The van der Waals surface area contributed by atoms with Gasteiger partial charge in [-0.3, -0.25) is 4.79 Å². The molecule has 0 amide bonds. The molecule has 21 heavy (non-hydrogen) atoms. The molecular weight excluding hydrogens is 371 g/mol. The summed E-state index contributed by atoms with van der Waals surface area (Å²) < 4.78 is 38.4. The molecule has 2 aromatic rings. The first-order chi connectivity index (χ1) is 9.70. The fourth-order valence-electron chi connectivity index (χ4n) is 1.72. The average Bonchev–Trinajstić information content (AvgIpc) is 2.40. The third kappa shape index (κ3) is 3.39. The third-order valence-electron chi connectivity index (χ3n) is 2.80. The lowest BCUT2D eigenvalue weighted by Crippen LogP contribution is -2.09. The molecule has 0 atom stereocenters. The molecule has 0 bridgehead atoms. The van der Waals surface area contributed by atoms with Gasteiger partial charge in [0.1, 0.15) is 0 Å². The van der Waals surface area contributed by atoms with Gasteiger partial charge in [0, 0.05) is 15.6 Å². The molecule has 2 rings (SSSR count). The van der Waals surface area contributed by atoms with Gasteiger partial charge in [-0.2, -0.15) is 13.2 Å². The molecule has 7 heteroatoms. The van der Waals surface area contributed by atoms with E-state index in [0.717, 1.165) is 6.07 Å². The van der Waals surface area contributed by atoms with Crippen LogP contribution in [0.25, 0.3) is 0 Å². The highest BCUT2D eigenvalue weighted by atomic mass is 79.9. The lowest BCUT2D eigenvalue weighted by atomic mass is 10.0. The Morgan fingerprint density at radius 1 is 1.10 bits per heavy atom. The summed E-state index contributed by atoms with van der Waals surface area (Å²) in [5, 5.41) is 0.175. The maximum Gasteiger partial charge on any atom is 0.417 e. The molecule has 0 saturated heterocycles. The van der Waals surface area contributed by atoms with Crippen molar-refractivity contribution in [3.8, 4) is 0 Å². The number of nitrogens with two attached hydrogens (primary N) is 1. The predicted octanol–water partition coefficient (Wildman–Crippen LogP) is 4.93. The number of ketones is 1. The quantitative estimate of drug-likeness (QED) is 0.594. The molecule has 2 N–H and O–H groups in total. The first kappa shape index (κ1) is 15.9. The second-order valence-corrected chi connectivity index (χ2v) is 5.52. The minimum Gasteiger partial charge on any atom is -0.398 e. The molecule has 0 fully saturated rings. The van der Waals surface area contributed by atoms with Crippen LogP contribution in [0.1, 0.15) is 21.5 Å². The van der Waals surface area contributed by atoms with Gasteiger partial charge in [0.05, 0.1) is 16.3 Å². The minimum absolute atomic E-state index is 0.0774. The Morgan fingerprint density at radius 3 is 2.24 bits per heavy atom. The molecule has 0 aliphatic rings. The topological polar surface area (TPSA) is 43.1 Å². The summed E-state index contributed by atoms with van der Waals surface area (Å²) in [5.41, 5.74) is 5.01. The third-order valence-corrected chi connectivity index (χ3v) is 3.82. The highest BCUT2D eigenvalue weighted by Crippen LogP contribution is 2.35. The SMILES string of the molecule is Nc1ccc(C(=O)c2ccc(Br)c(C(F)(F)F)c2)cc1Cl. The molecule has 110 valence electrons. The molecule has 2 aromatic carbocycles. The summed E-state index contributed by atoms with van der Waals surface area (Å²) in [6, 6.07) is 7.48. The summed E-state index contributed by atoms with van der Waals surface area (Å²) in [5.74, 6) is -0.560. The van der Waals surface area contributed by atoms with E-state index in [1.807, 2.05) is 0 Å². The molecule has 0 aromatic heterocycles. The van der Waals surface area contributed by atoms with Crippen LogP contribution in [0, 0.1) is 0 Å². The number of hydrogen-bond donors (Lipinski definition) is 1. The predicted molar refractivity (Wildman–Crippen MR) is 78.4 cm³/mol. The number of halogens is 5. The van der Waals surface area contributed by atoms with E-state index in [4.69, 9.17) is 17.3 Å². The smallest absolute Gasteiger partial charge is 0.398 e. The zero-order chi connectivity index (χ0) is 15.8. The Hall–Kier alpha value is -1.53. The molecular formula is C14H8BrClF3NO. The van der Waals surface area contributed by atoms with E-state index in [1.165, 1.54) is 30.3 Å². The van der Waals surface area contributed by atoms with Gasteiger partial charge in [-0.25, -0.2) is 0 Å². The van der Waals surface area contributed by atoms with Crippen LogP contribution in [0.2, 0.25) is 5.02 Å². The first-order valence-electron chi connectivity index (χ1n) is 5.66. The molecule has 0 heterocycles. The Balaban J connectivity index is 2.46. The molecule has 0 radical (unpaired) electrons. The lowest BCUT2D eigenvalue weighted by molar-refractivity contribution is -0.138. The van der Waals surface area contributed by atoms with Gasteiger partial charge in [-0.1, -0.05) is 27.5 Å². The van der Waals surface area contributed by atoms with E-state index in [2.05, 4.69) is 15.9 Å². The van der Waals surface area contributed by atoms with Crippen LogP contribution in [0.15, 0.2) is 40.9 Å². The van der Waals surface area contributed by atoms with Crippen LogP contribution in [0.3, 0.4) is 0 Å². The molecule has 0 aliphatic carbocycles. The van der Waals surface area contributed by atoms with E-state index in [-0.39, 0.29) is 20.6 Å². The highest BCUT2D eigenvalue weighted by molar-refractivity contribution is 9.10. The maximum absolute atomic E-state index is 12.8. The Kier molecular flexibility index (Phi) is 4.30.